The molecule has 9 heteroatoms. The monoisotopic (exact) mass is 446 g/mol. The molecule has 0 saturated heterocycles. The summed E-state index contributed by atoms with van der Waals surface area (Å²) in [5.41, 5.74) is 2.61. The number of carbonyl (C=O) groups excluding carboxylic acids is 1. The number of rotatable bonds is 5. The predicted octanol–water partition coefficient (Wildman–Crippen LogP) is 4.75. The van der Waals surface area contributed by atoms with Crippen LogP contribution < -0.4 is 5.32 Å². The molecule has 0 aliphatic carbocycles. The summed E-state index contributed by atoms with van der Waals surface area (Å²) in [6, 6.07) is 21.0. The Labute approximate surface area is 186 Å². The van der Waals surface area contributed by atoms with Gasteiger partial charge in [0.05, 0.1) is 11.4 Å². The molecular weight excluding hydrogens is 432 g/mol. The van der Waals surface area contributed by atoms with E-state index in [0.29, 0.717) is 21.2 Å². The summed E-state index contributed by atoms with van der Waals surface area (Å²) in [7, 11) is 0. The maximum atomic E-state index is 12.6. The fourth-order valence-electron chi connectivity index (χ4n) is 3.27. The van der Waals surface area contributed by atoms with Gasteiger partial charge in [0.25, 0.3) is 0 Å². The second-order valence-corrected chi connectivity index (χ2v) is 8.10. The first-order valence-electron chi connectivity index (χ1n) is 9.42. The van der Waals surface area contributed by atoms with Gasteiger partial charge in [-0.2, -0.15) is 4.68 Å². The lowest BCUT2D eigenvalue weighted by atomic mass is 10.1. The Hall–Kier alpha value is -3.49. The van der Waals surface area contributed by atoms with Crippen LogP contribution in [0.15, 0.2) is 78.1 Å². The summed E-state index contributed by atoms with van der Waals surface area (Å²) in [6.07, 6.45) is 1.44. The van der Waals surface area contributed by atoms with Gasteiger partial charge < -0.3 is 5.32 Å². The topological polar surface area (TPSA) is 85.6 Å². The number of amides is 1. The molecule has 152 valence electrons. The van der Waals surface area contributed by atoms with Crippen molar-refractivity contribution in [3.05, 3.63) is 78.1 Å². The second-order valence-electron chi connectivity index (χ2n) is 6.70. The highest BCUT2D eigenvalue weighted by atomic mass is 35.5. The van der Waals surface area contributed by atoms with E-state index in [1.807, 2.05) is 54.6 Å². The molecule has 0 bridgehead atoms. The maximum Gasteiger partial charge on any atom is 0.234 e. The average molecular weight is 447 g/mol. The van der Waals surface area contributed by atoms with Crippen LogP contribution in [0.25, 0.3) is 27.6 Å². The lowest BCUT2D eigenvalue weighted by Gasteiger charge is -2.08. The van der Waals surface area contributed by atoms with Crippen LogP contribution in [-0.4, -0.2) is 36.6 Å². The highest BCUT2D eigenvalue weighted by molar-refractivity contribution is 8.00. The fraction of sp³-hybridized carbons (Fsp3) is 0.0455. The Morgan fingerprint density at radius 2 is 1.87 bits per heavy atom. The van der Waals surface area contributed by atoms with E-state index in [0.717, 1.165) is 22.1 Å². The highest BCUT2D eigenvalue weighted by Gasteiger charge is 2.15. The van der Waals surface area contributed by atoms with Crippen LogP contribution in [0.1, 0.15) is 0 Å². The smallest absolute Gasteiger partial charge is 0.234 e. The van der Waals surface area contributed by atoms with Gasteiger partial charge in [0.15, 0.2) is 11.2 Å². The van der Waals surface area contributed by atoms with E-state index in [1.165, 1.54) is 18.1 Å². The third-order valence-electron chi connectivity index (χ3n) is 4.66. The third kappa shape index (κ3) is 3.95. The standard InChI is InChI=1S/C22H15ClN6OS/c23-15-7-4-8-16(11-15)29-21-20(27-28-29)22(25-13-24-21)31-12-19(30)26-18-10-3-6-14-5-1-2-9-17(14)18/h1-11,13H,12H2,(H,26,30). The number of fused-ring (bicyclic) bond motifs is 2. The number of benzene rings is 3. The molecule has 0 aliphatic rings. The summed E-state index contributed by atoms with van der Waals surface area (Å²) < 4.78 is 1.60. The van der Waals surface area contributed by atoms with E-state index >= 15 is 0 Å². The van der Waals surface area contributed by atoms with Crippen molar-refractivity contribution in [2.45, 2.75) is 5.03 Å². The SMILES string of the molecule is O=C(CSc1ncnc2c1nnn2-c1cccc(Cl)c1)Nc1cccc2ccccc12. The summed E-state index contributed by atoms with van der Waals surface area (Å²) in [4.78, 5) is 21.2. The van der Waals surface area contributed by atoms with Crippen LogP contribution in [-0.2, 0) is 4.79 Å². The second kappa shape index (κ2) is 8.33. The normalized spacial score (nSPS) is 11.1. The maximum absolute atomic E-state index is 12.6. The molecule has 5 rings (SSSR count). The Morgan fingerprint density at radius 1 is 1.03 bits per heavy atom. The first-order valence-corrected chi connectivity index (χ1v) is 10.8. The van der Waals surface area contributed by atoms with E-state index in [-0.39, 0.29) is 11.7 Å². The number of anilines is 1. The minimum Gasteiger partial charge on any atom is -0.325 e. The van der Waals surface area contributed by atoms with E-state index in [9.17, 15) is 4.79 Å². The molecule has 0 aliphatic heterocycles. The Bertz CT molecular complexity index is 1410. The Balaban J connectivity index is 1.36. The molecule has 2 aromatic heterocycles. The zero-order chi connectivity index (χ0) is 21.2. The first-order chi connectivity index (χ1) is 15.2. The summed E-state index contributed by atoms with van der Waals surface area (Å²) in [6.45, 7) is 0. The fourth-order valence-corrected chi connectivity index (χ4v) is 4.19. The number of nitrogens with one attached hydrogen (secondary N) is 1. The average Bonchev–Trinajstić information content (AvgIpc) is 3.23. The molecule has 0 fully saturated rings. The molecule has 5 aromatic rings. The summed E-state index contributed by atoms with van der Waals surface area (Å²) >= 11 is 7.38. The van der Waals surface area contributed by atoms with Crippen molar-refractivity contribution >= 4 is 56.9 Å². The van der Waals surface area contributed by atoms with Gasteiger partial charge in [-0.3, -0.25) is 4.79 Å². The molecule has 3 aromatic carbocycles. The van der Waals surface area contributed by atoms with Crippen molar-refractivity contribution in [2.24, 2.45) is 0 Å². The van der Waals surface area contributed by atoms with Gasteiger partial charge >= 0.3 is 0 Å². The number of thioether (sulfide) groups is 1. The molecule has 0 saturated carbocycles. The van der Waals surface area contributed by atoms with Crippen LogP contribution in [0.2, 0.25) is 5.02 Å². The molecule has 0 radical (unpaired) electrons. The van der Waals surface area contributed by atoms with Crippen molar-refractivity contribution in [3.63, 3.8) is 0 Å². The van der Waals surface area contributed by atoms with Crippen LogP contribution in [0, 0.1) is 0 Å². The van der Waals surface area contributed by atoms with Crippen molar-refractivity contribution in [2.75, 3.05) is 11.1 Å². The van der Waals surface area contributed by atoms with Gasteiger partial charge in [-0.1, -0.05) is 71.0 Å². The molecule has 0 unspecified atom stereocenters. The number of halogens is 1. The van der Waals surface area contributed by atoms with E-state index < -0.39 is 0 Å². The van der Waals surface area contributed by atoms with Crippen molar-refractivity contribution < 1.29 is 4.79 Å². The number of aromatic nitrogens is 5. The van der Waals surface area contributed by atoms with Crippen LogP contribution >= 0.6 is 23.4 Å². The number of nitrogens with zero attached hydrogens (tertiary/aromatic N) is 5. The summed E-state index contributed by atoms with van der Waals surface area (Å²) in [5, 5.41) is 14.6. The van der Waals surface area contributed by atoms with E-state index in [4.69, 9.17) is 11.6 Å². The van der Waals surface area contributed by atoms with Crippen LogP contribution in [0.4, 0.5) is 5.69 Å². The van der Waals surface area contributed by atoms with Gasteiger partial charge in [0.2, 0.25) is 5.91 Å². The minimum atomic E-state index is -0.129. The van der Waals surface area contributed by atoms with E-state index in [1.54, 1.807) is 16.8 Å². The minimum absolute atomic E-state index is 0.129. The number of hydrogen-bond donors (Lipinski definition) is 1. The Morgan fingerprint density at radius 3 is 2.77 bits per heavy atom. The van der Waals surface area contributed by atoms with Gasteiger partial charge in [-0.15, -0.1) is 5.10 Å². The summed E-state index contributed by atoms with van der Waals surface area (Å²) in [5.74, 6) is 0.0506. The number of carbonyl (C=O) groups is 1. The zero-order valence-corrected chi connectivity index (χ0v) is 17.6. The van der Waals surface area contributed by atoms with Crippen molar-refractivity contribution in [1.82, 2.24) is 25.0 Å². The lowest BCUT2D eigenvalue weighted by Crippen LogP contribution is -2.14. The highest BCUT2D eigenvalue weighted by Crippen LogP contribution is 2.26. The largest absolute Gasteiger partial charge is 0.325 e. The Kier molecular flexibility index (Phi) is 5.23. The van der Waals surface area contributed by atoms with Crippen molar-refractivity contribution in [3.8, 4) is 5.69 Å². The molecule has 7 nitrogen and oxygen atoms in total. The molecule has 2 heterocycles. The van der Waals surface area contributed by atoms with Crippen LogP contribution in [0.5, 0.6) is 0 Å². The molecular formula is C22H15ClN6OS. The van der Waals surface area contributed by atoms with Gasteiger partial charge in [0.1, 0.15) is 11.4 Å². The molecule has 0 atom stereocenters. The number of hydrogen-bond acceptors (Lipinski definition) is 6. The van der Waals surface area contributed by atoms with E-state index in [2.05, 4.69) is 25.6 Å². The van der Waals surface area contributed by atoms with Crippen LogP contribution in [0.3, 0.4) is 0 Å². The zero-order valence-electron chi connectivity index (χ0n) is 16.1. The van der Waals surface area contributed by atoms with Gasteiger partial charge in [-0.05, 0) is 29.7 Å². The van der Waals surface area contributed by atoms with Crippen molar-refractivity contribution in [1.29, 1.82) is 0 Å². The molecule has 0 spiro atoms. The quantitative estimate of drug-likeness (QED) is 0.310. The molecule has 1 N–H and O–H groups in total. The third-order valence-corrected chi connectivity index (χ3v) is 5.87. The molecule has 1 amide bonds. The first kappa shape index (κ1) is 19.5. The van der Waals surface area contributed by atoms with Gasteiger partial charge in [-0.25, -0.2) is 9.97 Å². The molecule has 31 heavy (non-hydrogen) atoms. The predicted molar refractivity (Wildman–Crippen MR) is 123 cm³/mol. The van der Waals surface area contributed by atoms with Gasteiger partial charge in [0, 0.05) is 16.1 Å². The lowest BCUT2D eigenvalue weighted by molar-refractivity contribution is -0.113.